The summed E-state index contributed by atoms with van der Waals surface area (Å²) in [5.41, 5.74) is 16.3. The van der Waals surface area contributed by atoms with Gasteiger partial charge >= 0.3 is 0 Å². The minimum Gasteiger partial charge on any atom is -0.353 e. The van der Waals surface area contributed by atoms with E-state index in [-0.39, 0.29) is 0 Å². The van der Waals surface area contributed by atoms with Crippen LogP contribution in [0.4, 0.5) is 17.1 Å². The number of nitrogens with one attached hydrogen (secondary N) is 2. The summed E-state index contributed by atoms with van der Waals surface area (Å²) in [7, 11) is 0. The Balaban J connectivity index is 1.36. The van der Waals surface area contributed by atoms with E-state index in [0.29, 0.717) is 33.5 Å². The van der Waals surface area contributed by atoms with Crippen molar-refractivity contribution in [2.45, 2.75) is 0 Å². The van der Waals surface area contributed by atoms with Crippen molar-refractivity contribution in [3.8, 4) is 40.1 Å². The third kappa shape index (κ3) is 4.45. The standard InChI is InChI=1S/C40H24N8/c41-23-33-29-15-7-9-17-31(29)35(38(45-43)37(33)44-27-11-3-1-4-12-27)25-19-21-26(22-20-25)36-32-18-10-8-16-30(32)34(24-42)40-39(36)46-47-48(40)28-13-5-2-6-14-28/h1-22,43-44H. The Labute approximate surface area is 275 Å². The van der Waals surface area contributed by atoms with E-state index < -0.39 is 0 Å². The maximum absolute atomic E-state index is 10.4. The van der Waals surface area contributed by atoms with Crippen molar-refractivity contribution >= 4 is 49.6 Å². The number of para-hydroxylation sites is 2. The smallest absolute Gasteiger partial charge is 0.123 e. The number of nitriles is 2. The predicted molar refractivity (Wildman–Crippen MR) is 189 cm³/mol. The van der Waals surface area contributed by atoms with E-state index in [0.717, 1.165) is 55.2 Å². The summed E-state index contributed by atoms with van der Waals surface area (Å²) in [4.78, 5) is 0. The molecule has 0 saturated carbocycles. The van der Waals surface area contributed by atoms with Crippen LogP contribution in [0, 0.1) is 28.2 Å². The molecule has 2 N–H and O–H groups in total. The van der Waals surface area contributed by atoms with Gasteiger partial charge in [-0.3, -0.25) is 0 Å². The molecule has 1 aromatic heterocycles. The van der Waals surface area contributed by atoms with Crippen LogP contribution >= 0.6 is 0 Å². The third-order valence-corrected chi connectivity index (χ3v) is 8.64. The Hall–Kier alpha value is -7.16. The molecule has 8 nitrogen and oxygen atoms in total. The minimum absolute atomic E-state index is 0.374. The van der Waals surface area contributed by atoms with Crippen LogP contribution in [-0.4, -0.2) is 15.0 Å². The highest BCUT2D eigenvalue weighted by atomic mass is 15.4. The summed E-state index contributed by atoms with van der Waals surface area (Å²) in [6.07, 6.45) is 0. The number of hydrogen-bond donors (Lipinski definition) is 2. The largest absolute Gasteiger partial charge is 0.353 e. The van der Waals surface area contributed by atoms with Gasteiger partial charge in [0.15, 0.2) is 0 Å². The van der Waals surface area contributed by atoms with Crippen molar-refractivity contribution in [1.82, 2.24) is 15.0 Å². The highest BCUT2D eigenvalue weighted by Crippen LogP contribution is 2.47. The van der Waals surface area contributed by atoms with Gasteiger partial charge in [-0.1, -0.05) is 114 Å². The van der Waals surface area contributed by atoms with Crippen LogP contribution < -0.4 is 5.32 Å². The van der Waals surface area contributed by atoms with Crippen LogP contribution in [-0.2, 0) is 0 Å². The number of anilines is 2. The molecule has 8 heteroatoms. The zero-order valence-electron chi connectivity index (χ0n) is 25.4. The fourth-order valence-electron chi connectivity index (χ4n) is 6.54. The van der Waals surface area contributed by atoms with Crippen molar-refractivity contribution in [1.29, 1.82) is 16.1 Å². The van der Waals surface area contributed by atoms with Gasteiger partial charge < -0.3 is 5.32 Å². The number of aromatic nitrogens is 3. The molecule has 224 valence electrons. The zero-order valence-corrected chi connectivity index (χ0v) is 25.4. The van der Waals surface area contributed by atoms with E-state index in [1.54, 1.807) is 4.68 Å². The van der Waals surface area contributed by atoms with Crippen molar-refractivity contribution < 1.29 is 0 Å². The molecule has 0 spiro atoms. The molecule has 1 heterocycles. The van der Waals surface area contributed by atoms with E-state index in [1.165, 1.54) is 0 Å². The Bertz CT molecular complexity index is 2610. The lowest BCUT2D eigenvalue weighted by Crippen LogP contribution is -1.99. The van der Waals surface area contributed by atoms with Gasteiger partial charge in [-0.2, -0.15) is 15.6 Å². The van der Waals surface area contributed by atoms with Crippen LogP contribution in [0.15, 0.2) is 139 Å². The number of nitrogens with zero attached hydrogens (tertiary/aromatic N) is 6. The lowest BCUT2D eigenvalue weighted by Gasteiger charge is -2.18. The molecule has 48 heavy (non-hydrogen) atoms. The summed E-state index contributed by atoms with van der Waals surface area (Å²) >= 11 is 0. The van der Waals surface area contributed by atoms with Crippen LogP contribution in [0.5, 0.6) is 0 Å². The fourth-order valence-corrected chi connectivity index (χ4v) is 6.54. The van der Waals surface area contributed by atoms with Crippen molar-refractivity contribution in [3.05, 3.63) is 145 Å². The average molecular weight is 617 g/mol. The zero-order chi connectivity index (χ0) is 32.6. The summed E-state index contributed by atoms with van der Waals surface area (Å²) < 4.78 is 1.73. The van der Waals surface area contributed by atoms with Gasteiger partial charge in [-0.25, -0.2) is 10.2 Å². The normalized spacial score (nSPS) is 11.0. The van der Waals surface area contributed by atoms with Crippen LogP contribution in [0.2, 0.25) is 0 Å². The van der Waals surface area contributed by atoms with Crippen LogP contribution in [0.3, 0.4) is 0 Å². The topological polar surface area (TPSA) is 127 Å². The maximum Gasteiger partial charge on any atom is 0.123 e. The number of benzene rings is 7. The Morgan fingerprint density at radius 1 is 0.604 bits per heavy atom. The number of fused-ring (bicyclic) bond motifs is 3. The molecule has 0 aliphatic heterocycles. The van der Waals surface area contributed by atoms with Crippen molar-refractivity contribution in [2.75, 3.05) is 5.32 Å². The SMILES string of the molecule is N#Cc1c(Nc2ccccc2)c(N=N)c(-c2ccc(-c3c4ccccc4c(C#N)c4c3nnn4-c3ccccc3)cc2)c2ccccc12. The second-order valence-electron chi connectivity index (χ2n) is 11.3. The summed E-state index contributed by atoms with van der Waals surface area (Å²) in [6, 6.07) is 47.7. The van der Waals surface area contributed by atoms with Crippen LogP contribution in [0.25, 0.3) is 60.5 Å². The molecule has 0 atom stereocenters. The van der Waals surface area contributed by atoms with E-state index in [4.69, 9.17) is 5.53 Å². The quantitative estimate of drug-likeness (QED) is 0.180. The molecular weight excluding hydrogens is 592 g/mol. The summed E-state index contributed by atoms with van der Waals surface area (Å²) in [5.74, 6) is 0. The van der Waals surface area contributed by atoms with Gasteiger partial charge in [-0.15, -0.1) is 5.10 Å². The van der Waals surface area contributed by atoms with E-state index in [9.17, 15) is 10.5 Å². The maximum atomic E-state index is 10.4. The molecule has 0 saturated heterocycles. The molecule has 7 aromatic carbocycles. The van der Waals surface area contributed by atoms with E-state index >= 15 is 0 Å². The van der Waals surface area contributed by atoms with Gasteiger partial charge in [0.2, 0.25) is 0 Å². The second-order valence-corrected chi connectivity index (χ2v) is 11.3. The molecule has 8 rings (SSSR count). The summed E-state index contributed by atoms with van der Waals surface area (Å²) in [5, 5.41) is 40.5. The molecule has 0 aliphatic rings. The Morgan fingerprint density at radius 3 is 1.73 bits per heavy atom. The first kappa shape index (κ1) is 28.3. The van der Waals surface area contributed by atoms with Gasteiger partial charge in [0.25, 0.3) is 0 Å². The molecule has 0 bridgehead atoms. The molecule has 0 amide bonds. The Kier molecular flexibility index (Phi) is 6.87. The van der Waals surface area contributed by atoms with Gasteiger partial charge in [0.1, 0.15) is 28.9 Å². The van der Waals surface area contributed by atoms with Gasteiger partial charge in [-0.05, 0) is 46.2 Å². The molecule has 0 unspecified atom stereocenters. The predicted octanol–water partition coefficient (Wildman–Crippen LogP) is 10.2. The third-order valence-electron chi connectivity index (χ3n) is 8.64. The monoisotopic (exact) mass is 616 g/mol. The van der Waals surface area contributed by atoms with Crippen molar-refractivity contribution in [2.24, 2.45) is 5.11 Å². The Morgan fingerprint density at radius 2 is 1.12 bits per heavy atom. The van der Waals surface area contributed by atoms with Crippen LogP contribution in [0.1, 0.15) is 11.1 Å². The summed E-state index contributed by atoms with van der Waals surface area (Å²) in [6.45, 7) is 0. The molecule has 0 radical (unpaired) electrons. The average Bonchev–Trinajstić information content (AvgIpc) is 3.59. The van der Waals surface area contributed by atoms with Gasteiger partial charge in [0, 0.05) is 27.6 Å². The molecule has 0 fully saturated rings. The first-order valence-electron chi connectivity index (χ1n) is 15.3. The lowest BCUT2D eigenvalue weighted by atomic mass is 9.89. The number of rotatable bonds is 6. The lowest BCUT2D eigenvalue weighted by molar-refractivity contribution is 0.823. The minimum atomic E-state index is 0.374. The van der Waals surface area contributed by atoms with Gasteiger partial charge in [0.05, 0.1) is 22.5 Å². The molecule has 0 aliphatic carbocycles. The molecular formula is C40H24N8. The van der Waals surface area contributed by atoms with E-state index in [1.807, 2.05) is 133 Å². The highest BCUT2D eigenvalue weighted by molar-refractivity contribution is 6.15. The number of hydrogen-bond acceptors (Lipinski definition) is 7. The second kappa shape index (κ2) is 11.6. The molecule has 8 aromatic rings. The first-order valence-corrected chi connectivity index (χ1v) is 15.3. The van der Waals surface area contributed by atoms with E-state index in [2.05, 4.69) is 32.9 Å². The van der Waals surface area contributed by atoms with Crippen molar-refractivity contribution in [3.63, 3.8) is 0 Å². The fraction of sp³-hybridized carbons (Fsp3) is 0. The first-order chi connectivity index (χ1) is 23.7. The highest BCUT2D eigenvalue weighted by Gasteiger charge is 2.23.